The number of allylic oxidation sites excluding steroid dienone is 2. The number of rotatable bonds is 17. The number of ether oxygens (including phenoxy) is 2. The molecule has 0 saturated heterocycles. The molecule has 10 nitrogen and oxygen atoms in total. The molecule has 2 rings (SSSR count). The van der Waals surface area contributed by atoms with Gasteiger partial charge in [0, 0.05) is 37.4 Å². The number of anilines is 2. The van der Waals surface area contributed by atoms with Crippen molar-refractivity contribution in [3.63, 3.8) is 0 Å². The standard InChI is InChI=1S/C36H40N6O4/c1-5-41(33-12-10-31(27(3)19-33)21-29(23-37)24-38)15-14-36(44)45-17-8-7-9-35(43)46-18-16-42(6-2)34-13-11-32(28(4)20-34)22-30(25-39)26-40/h10-13,19-22H,5-9,14-18H2,1-4H3. The highest BCUT2D eigenvalue weighted by Gasteiger charge is 2.12. The van der Waals surface area contributed by atoms with Gasteiger partial charge in [0.15, 0.2) is 0 Å². The zero-order valence-corrected chi connectivity index (χ0v) is 27.0. The smallest absolute Gasteiger partial charge is 0.307 e. The van der Waals surface area contributed by atoms with Crippen molar-refractivity contribution in [1.82, 2.24) is 0 Å². The van der Waals surface area contributed by atoms with Crippen molar-refractivity contribution in [3.05, 3.63) is 69.8 Å². The van der Waals surface area contributed by atoms with E-state index >= 15 is 0 Å². The summed E-state index contributed by atoms with van der Waals surface area (Å²) in [6.07, 6.45) is 4.68. The molecule has 0 N–H and O–H groups in total. The zero-order chi connectivity index (χ0) is 33.9. The van der Waals surface area contributed by atoms with Crippen LogP contribution in [-0.2, 0) is 19.1 Å². The predicted octanol–water partition coefficient (Wildman–Crippen LogP) is 6.16. The number of benzene rings is 2. The molecular weight excluding hydrogens is 580 g/mol. The molecule has 0 aromatic heterocycles. The summed E-state index contributed by atoms with van der Waals surface area (Å²) in [4.78, 5) is 28.7. The van der Waals surface area contributed by atoms with Crippen LogP contribution in [0.1, 0.15) is 61.8 Å². The number of carbonyl (C=O) groups is 2. The number of hydrogen-bond acceptors (Lipinski definition) is 10. The lowest BCUT2D eigenvalue weighted by Gasteiger charge is -2.24. The Morgan fingerprint density at radius 3 is 1.59 bits per heavy atom. The lowest BCUT2D eigenvalue weighted by molar-refractivity contribution is -0.143. The van der Waals surface area contributed by atoms with Gasteiger partial charge in [0.1, 0.15) is 42.0 Å². The molecule has 0 aliphatic rings. The van der Waals surface area contributed by atoms with Gasteiger partial charge in [-0.2, -0.15) is 21.0 Å². The maximum Gasteiger partial charge on any atom is 0.307 e. The van der Waals surface area contributed by atoms with E-state index in [0.29, 0.717) is 39.0 Å². The van der Waals surface area contributed by atoms with Gasteiger partial charge in [0.05, 0.1) is 19.6 Å². The minimum atomic E-state index is -0.306. The van der Waals surface area contributed by atoms with Crippen LogP contribution in [0.3, 0.4) is 0 Å². The molecule has 0 bridgehead atoms. The van der Waals surface area contributed by atoms with Crippen LogP contribution in [0.15, 0.2) is 47.5 Å². The quantitative estimate of drug-likeness (QED) is 0.114. The maximum absolute atomic E-state index is 12.3. The van der Waals surface area contributed by atoms with E-state index in [-0.39, 0.29) is 49.1 Å². The molecule has 0 radical (unpaired) electrons. The van der Waals surface area contributed by atoms with E-state index in [4.69, 9.17) is 30.5 Å². The number of carbonyl (C=O) groups excluding carboxylic acids is 2. The van der Waals surface area contributed by atoms with Crippen LogP contribution < -0.4 is 9.80 Å². The highest BCUT2D eigenvalue weighted by Crippen LogP contribution is 2.22. The van der Waals surface area contributed by atoms with E-state index in [1.807, 2.05) is 88.4 Å². The van der Waals surface area contributed by atoms with Crippen molar-refractivity contribution in [1.29, 1.82) is 21.0 Å². The molecule has 0 fully saturated rings. The first kappa shape index (κ1) is 36.6. The number of nitrogens with zero attached hydrogens (tertiary/aromatic N) is 6. The van der Waals surface area contributed by atoms with Crippen molar-refractivity contribution in [2.75, 3.05) is 49.2 Å². The zero-order valence-electron chi connectivity index (χ0n) is 27.0. The largest absolute Gasteiger partial charge is 0.466 e. The highest BCUT2D eigenvalue weighted by molar-refractivity contribution is 5.71. The van der Waals surface area contributed by atoms with Crippen LogP contribution in [0.25, 0.3) is 12.2 Å². The summed E-state index contributed by atoms with van der Waals surface area (Å²) in [6, 6.07) is 19.0. The number of unbranched alkanes of at least 4 members (excludes halogenated alkanes) is 1. The summed E-state index contributed by atoms with van der Waals surface area (Å²) in [5.74, 6) is -0.606. The van der Waals surface area contributed by atoms with Crippen molar-refractivity contribution in [3.8, 4) is 24.3 Å². The summed E-state index contributed by atoms with van der Waals surface area (Å²) in [7, 11) is 0. The molecule has 0 spiro atoms. The fraction of sp³-hybridized carbons (Fsp3) is 0.389. The third-order valence-corrected chi connectivity index (χ3v) is 7.33. The first-order chi connectivity index (χ1) is 22.2. The minimum Gasteiger partial charge on any atom is -0.466 e. The number of aryl methyl sites for hydroxylation is 2. The first-order valence-corrected chi connectivity index (χ1v) is 15.3. The van der Waals surface area contributed by atoms with Gasteiger partial charge in [0.25, 0.3) is 0 Å². The van der Waals surface area contributed by atoms with E-state index < -0.39 is 0 Å². The van der Waals surface area contributed by atoms with Crippen LogP contribution >= 0.6 is 0 Å². The van der Waals surface area contributed by atoms with Crippen molar-refractivity contribution in [2.45, 2.75) is 53.4 Å². The van der Waals surface area contributed by atoms with Crippen LogP contribution in [0.5, 0.6) is 0 Å². The van der Waals surface area contributed by atoms with Gasteiger partial charge in [-0.3, -0.25) is 9.59 Å². The number of likely N-dealkylation sites (N-methyl/N-ethyl adjacent to an activating group) is 1. The van der Waals surface area contributed by atoms with Crippen LogP contribution in [0, 0.1) is 59.2 Å². The topological polar surface area (TPSA) is 154 Å². The van der Waals surface area contributed by atoms with Crippen LogP contribution in [-0.4, -0.2) is 51.3 Å². The average molecular weight is 621 g/mol. The Hall–Kier alpha value is -5.58. The summed E-state index contributed by atoms with van der Waals surface area (Å²) in [6.45, 7) is 10.7. The Morgan fingerprint density at radius 1 is 0.674 bits per heavy atom. The Morgan fingerprint density at radius 2 is 1.13 bits per heavy atom. The molecule has 0 unspecified atom stereocenters. The second-order valence-electron chi connectivity index (χ2n) is 10.5. The van der Waals surface area contributed by atoms with Gasteiger partial charge >= 0.3 is 11.9 Å². The molecule has 2 aromatic carbocycles. The molecule has 0 aliphatic carbocycles. The molecule has 0 aliphatic heterocycles. The minimum absolute atomic E-state index is 0.0423. The molecule has 238 valence electrons. The van der Waals surface area contributed by atoms with E-state index in [1.165, 1.54) is 0 Å². The fourth-order valence-corrected chi connectivity index (χ4v) is 4.66. The number of hydrogen-bond donors (Lipinski definition) is 0. The molecule has 0 saturated carbocycles. The van der Waals surface area contributed by atoms with Gasteiger partial charge < -0.3 is 19.3 Å². The maximum atomic E-state index is 12.3. The second-order valence-corrected chi connectivity index (χ2v) is 10.5. The number of nitriles is 4. The average Bonchev–Trinajstić information content (AvgIpc) is 3.06. The van der Waals surface area contributed by atoms with Crippen molar-refractivity contribution < 1.29 is 19.1 Å². The normalized spacial score (nSPS) is 9.83. The third kappa shape index (κ3) is 11.8. The van der Waals surface area contributed by atoms with Gasteiger partial charge in [-0.15, -0.1) is 0 Å². The fourth-order valence-electron chi connectivity index (χ4n) is 4.66. The van der Waals surface area contributed by atoms with Gasteiger partial charge in [0.2, 0.25) is 0 Å². The molecule has 46 heavy (non-hydrogen) atoms. The molecule has 10 heteroatoms. The van der Waals surface area contributed by atoms with Crippen molar-refractivity contribution >= 4 is 35.5 Å². The van der Waals surface area contributed by atoms with E-state index in [2.05, 4.69) is 9.80 Å². The van der Waals surface area contributed by atoms with E-state index in [0.717, 1.165) is 33.6 Å². The Kier molecular flexibility index (Phi) is 15.6. The monoisotopic (exact) mass is 620 g/mol. The van der Waals surface area contributed by atoms with E-state index in [9.17, 15) is 9.59 Å². The highest BCUT2D eigenvalue weighted by atomic mass is 16.5. The van der Waals surface area contributed by atoms with Crippen molar-refractivity contribution in [2.24, 2.45) is 0 Å². The first-order valence-electron chi connectivity index (χ1n) is 15.3. The SMILES string of the molecule is CCN(CCOC(=O)CCCCOC(=O)CCN(CC)c1ccc(C=C(C#N)C#N)c(C)c1)c1ccc(C=C(C#N)C#N)c(C)c1. The Labute approximate surface area is 272 Å². The van der Waals surface area contributed by atoms with Crippen LogP contribution in [0.4, 0.5) is 11.4 Å². The summed E-state index contributed by atoms with van der Waals surface area (Å²) >= 11 is 0. The molecule has 2 aromatic rings. The van der Waals surface area contributed by atoms with Crippen LogP contribution in [0.2, 0.25) is 0 Å². The van der Waals surface area contributed by atoms with Gasteiger partial charge in [-0.1, -0.05) is 12.1 Å². The second kappa shape index (κ2) is 19.6. The van der Waals surface area contributed by atoms with Gasteiger partial charge in [-0.25, -0.2) is 0 Å². The lowest BCUT2D eigenvalue weighted by Crippen LogP contribution is -2.28. The summed E-state index contributed by atoms with van der Waals surface area (Å²) < 4.78 is 10.8. The number of esters is 2. The van der Waals surface area contributed by atoms with Gasteiger partial charge in [-0.05, 0) is 99.2 Å². The molecular formula is C36H40N6O4. The molecule has 0 amide bonds. The van der Waals surface area contributed by atoms with E-state index in [1.54, 1.807) is 12.2 Å². The predicted molar refractivity (Wildman–Crippen MR) is 177 cm³/mol. The molecule has 0 atom stereocenters. The third-order valence-electron chi connectivity index (χ3n) is 7.33. The molecule has 0 heterocycles. The summed E-state index contributed by atoms with van der Waals surface area (Å²) in [5.41, 5.74) is 5.44. The summed E-state index contributed by atoms with van der Waals surface area (Å²) in [5, 5.41) is 36.0. The Bertz CT molecular complexity index is 1570. The lowest BCUT2D eigenvalue weighted by atomic mass is 10.0. The Balaban J connectivity index is 1.70.